The lowest BCUT2D eigenvalue weighted by Crippen LogP contribution is -2.38. The quantitative estimate of drug-likeness (QED) is 0.585. The highest BCUT2D eigenvalue weighted by Gasteiger charge is 2.19. The number of hydrogen-bond donors (Lipinski definition) is 0. The number of piperidine rings is 1. The Morgan fingerprint density at radius 3 is 2.25 bits per heavy atom. The number of ether oxygens (including phenoxy) is 2. The number of amides is 2. The Kier molecular flexibility index (Phi) is 8.54. The lowest BCUT2D eigenvalue weighted by molar-refractivity contribution is -0.134. The van der Waals surface area contributed by atoms with Crippen LogP contribution < -0.4 is 9.47 Å². The summed E-state index contributed by atoms with van der Waals surface area (Å²) >= 11 is 0. The van der Waals surface area contributed by atoms with Crippen LogP contribution in [0.5, 0.6) is 11.5 Å². The van der Waals surface area contributed by atoms with Crippen LogP contribution in [0.4, 0.5) is 0 Å². The summed E-state index contributed by atoms with van der Waals surface area (Å²) in [6.45, 7) is 6.52. The molecule has 1 saturated heterocycles. The Hall–Kier alpha value is -3.02. The summed E-state index contributed by atoms with van der Waals surface area (Å²) in [6.07, 6.45) is 4.26. The summed E-state index contributed by atoms with van der Waals surface area (Å²) in [5.41, 5.74) is 2.88. The van der Waals surface area contributed by atoms with Gasteiger partial charge in [0.05, 0.1) is 6.61 Å². The number of hydrogen-bond acceptors (Lipinski definition) is 4. The van der Waals surface area contributed by atoms with Crippen molar-refractivity contribution in [2.75, 3.05) is 33.4 Å². The molecule has 0 bridgehead atoms. The summed E-state index contributed by atoms with van der Waals surface area (Å²) < 4.78 is 11.5. The van der Waals surface area contributed by atoms with Gasteiger partial charge in [-0.25, -0.2) is 0 Å². The molecule has 0 unspecified atom stereocenters. The molecule has 1 fully saturated rings. The highest BCUT2D eigenvalue weighted by Crippen LogP contribution is 2.29. The Morgan fingerprint density at radius 1 is 0.906 bits per heavy atom. The van der Waals surface area contributed by atoms with Crippen LogP contribution in [0.1, 0.15) is 54.6 Å². The van der Waals surface area contributed by atoms with Crippen LogP contribution in [-0.4, -0.2) is 55.0 Å². The van der Waals surface area contributed by atoms with E-state index in [4.69, 9.17) is 9.47 Å². The summed E-state index contributed by atoms with van der Waals surface area (Å²) in [5.74, 6) is 0.847. The monoisotopic (exact) mass is 438 g/mol. The Morgan fingerprint density at radius 2 is 1.59 bits per heavy atom. The van der Waals surface area contributed by atoms with Crippen LogP contribution >= 0.6 is 0 Å². The predicted molar refractivity (Wildman–Crippen MR) is 125 cm³/mol. The number of carbonyl (C=O) groups is 2. The van der Waals surface area contributed by atoms with Gasteiger partial charge in [0.1, 0.15) is 0 Å². The molecule has 0 saturated carbocycles. The van der Waals surface area contributed by atoms with E-state index in [0.717, 1.165) is 37.9 Å². The van der Waals surface area contributed by atoms with Crippen molar-refractivity contribution in [1.82, 2.24) is 9.80 Å². The van der Waals surface area contributed by atoms with Crippen LogP contribution in [0.25, 0.3) is 0 Å². The Bertz CT molecular complexity index is 905. The largest absolute Gasteiger partial charge is 0.490 e. The van der Waals surface area contributed by atoms with Gasteiger partial charge >= 0.3 is 0 Å². The molecule has 32 heavy (non-hydrogen) atoms. The molecule has 0 aliphatic carbocycles. The molecular formula is C26H34N2O4. The second-order valence-corrected chi connectivity index (χ2v) is 8.16. The van der Waals surface area contributed by atoms with Crippen LogP contribution in [0, 0.1) is 0 Å². The van der Waals surface area contributed by atoms with Crippen molar-refractivity contribution < 1.29 is 19.1 Å². The average Bonchev–Trinajstić information content (AvgIpc) is 2.83. The van der Waals surface area contributed by atoms with Crippen molar-refractivity contribution in [2.45, 2.75) is 46.1 Å². The number of nitrogens with zero attached hydrogens (tertiary/aromatic N) is 2. The van der Waals surface area contributed by atoms with Crippen molar-refractivity contribution in [3.63, 3.8) is 0 Å². The average molecular weight is 439 g/mol. The lowest BCUT2D eigenvalue weighted by Gasteiger charge is -2.26. The van der Waals surface area contributed by atoms with E-state index in [1.165, 1.54) is 12.0 Å². The van der Waals surface area contributed by atoms with Crippen LogP contribution in [-0.2, 0) is 17.8 Å². The van der Waals surface area contributed by atoms with Gasteiger partial charge in [0.2, 0.25) is 0 Å². The Balaban J connectivity index is 1.65. The standard InChI is InChI=1S/C26H34N2O4/c1-4-20-9-11-21(12-10-20)18-27(3)26(30)22-13-14-23(24(17-22)31-5-2)32-19-25(29)28-15-7-6-8-16-28/h9-14,17H,4-8,15-16,18-19H2,1-3H3. The van der Waals surface area contributed by atoms with Gasteiger partial charge in [-0.2, -0.15) is 0 Å². The summed E-state index contributed by atoms with van der Waals surface area (Å²) in [4.78, 5) is 28.9. The normalized spacial score (nSPS) is 13.5. The van der Waals surface area contributed by atoms with E-state index in [0.29, 0.717) is 30.2 Å². The molecule has 6 nitrogen and oxygen atoms in total. The van der Waals surface area contributed by atoms with Crippen molar-refractivity contribution in [2.24, 2.45) is 0 Å². The second kappa shape index (κ2) is 11.6. The molecule has 0 spiro atoms. The summed E-state index contributed by atoms with van der Waals surface area (Å²) in [7, 11) is 1.79. The fourth-order valence-corrected chi connectivity index (χ4v) is 3.85. The van der Waals surface area contributed by atoms with Crippen molar-refractivity contribution in [1.29, 1.82) is 0 Å². The number of carbonyl (C=O) groups excluding carboxylic acids is 2. The third kappa shape index (κ3) is 6.25. The van der Waals surface area contributed by atoms with Gasteiger partial charge in [-0.1, -0.05) is 31.2 Å². The molecule has 0 aromatic heterocycles. The highest BCUT2D eigenvalue weighted by molar-refractivity contribution is 5.94. The minimum Gasteiger partial charge on any atom is -0.490 e. The highest BCUT2D eigenvalue weighted by atomic mass is 16.5. The molecule has 1 heterocycles. The van der Waals surface area contributed by atoms with Crippen molar-refractivity contribution >= 4 is 11.8 Å². The lowest BCUT2D eigenvalue weighted by atomic mass is 10.1. The maximum atomic E-state index is 13.0. The van der Waals surface area contributed by atoms with Gasteiger partial charge in [0, 0.05) is 32.2 Å². The minimum absolute atomic E-state index is 0.0128. The third-order valence-electron chi connectivity index (χ3n) is 5.75. The van der Waals surface area contributed by atoms with Crippen molar-refractivity contribution in [3.8, 4) is 11.5 Å². The first-order valence-electron chi connectivity index (χ1n) is 11.5. The first kappa shape index (κ1) is 23.6. The molecule has 3 rings (SSSR count). The molecule has 1 aliphatic rings. The number of likely N-dealkylation sites (tertiary alicyclic amines) is 1. The molecule has 2 aromatic rings. The smallest absolute Gasteiger partial charge is 0.260 e. The van der Waals surface area contributed by atoms with E-state index in [-0.39, 0.29) is 18.4 Å². The van der Waals surface area contributed by atoms with Gasteiger partial charge in [-0.3, -0.25) is 9.59 Å². The van der Waals surface area contributed by atoms with Crippen LogP contribution in [0.15, 0.2) is 42.5 Å². The minimum atomic E-state index is -0.0959. The molecule has 2 aromatic carbocycles. The molecule has 0 atom stereocenters. The van der Waals surface area contributed by atoms with Gasteiger partial charge in [-0.15, -0.1) is 0 Å². The number of rotatable bonds is 9. The Labute approximate surface area is 191 Å². The zero-order valence-corrected chi connectivity index (χ0v) is 19.4. The van der Waals surface area contributed by atoms with E-state index < -0.39 is 0 Å². The van der Waals surface area contributed by atoms with Crippen LogP contribution in [0.2, 0.25) is 0 Å². The SMILES string of the molecule is CCOc1cc(C(=O)N(C)Cc2ccc(CC)cc2)ccc1OCC(=O)N1CCCCC1. The maximum Gasteiger partial charge on any atom is 0.260 e. The fraction of sp³-hybridized carbons (Fsp3) is 0.462. The van der Waals surface area contributed by atoms with E-state index in [2.05, 4.69) is 31.2 Å². The van der Waals surface area contributed by atoms with Gasteiger partial charge < -0.3 is 19.3 Å². The van der Waals surface area contributed by atoms with Gasteiger partial charge in [-0.05, 0) is 61.9 Å². The van der Waals surface area contributed by atoms with E-state index in [1.54, 1.807) is 30.1 Å². The second-order valence-electron chi connectivity index (χ2n) is 8.16. The van der Waals surface area contributed by atoms with Gasteiger partial charge in [0.25, 0.3) is 11.8 Å². The van der Waals surface area contributed by atoms with E-state index in [1.807, 2.05) is 11.8 Å². The van der Waals surface area contributed by atoms with Crippen molar-refractivity contribution in [3.05, 3.63) is 59.2 Å². The van der Waals surface area contributed by atoms with E-state index in [9.17, 15) is 9.59 Å². The number of benzene rings is 2. The predicted octanol–water partition coefficient (Wildman–Crippen LogP) is 4.31. The molecule has 0 radical (unpaired) electrons. The zero-order valence-electron chi connectivity index (χ0n) is 19.4. The molecule has 6 heteroatoms. The van der Waals surface area contributed by atoms with Gasteiger partial charge in [0.15, 0.2) is 18.1 Å². The van der Waals surface area contributed by atoms with Crippen LogP contribution in [0.3, 0.4) is 0 Å². The number of aryl methyl sites for hydroxylation is 1. The third-order valence-corrected chi connectivity index (χ3v) is 5.75. The topological polar surface area (TPSA) is 59.1 Å². The fourth-order valence-electron chi connectivity index (χ4n) is 3.85. The molecule has 1 aliphatic heterocycles. The maximum absolute atomic E-state index is 13.0. The molecule has 2 amide bonds. The first-order chi connectivity index (χ1) is 15.5. The summed E-state index contributed by atoms with van der Waals surface area (Å²) in [6, 6.07) is 13.4. The molecule has 172 valence electrons. The van der Waals surface area contributed by atoms with E-state index >= 15 is 0 Å². The molecule has 0 N–H and O–H groups in total. The first-order valence-corrected chi connectivity index (χ1v) is 11.5. The summed E-state index contributed by atoms with van der Waals surface area (Å²) in [5, 5.41) is 0. The zero-order chi connectivity index (χ0) is 22.9. The molecular weight excluding hydrogens is 404 g/mol.